The fourth-order valence-corrected chi connectivity index (χ4v) is 3.52. The zero-order valence-corrected chi connectivity index (χ0v) is 16.4. The molecule has 1 aliphatic rings. The molecule has 28 heavy (non-hydrogen) atoms. The van der Waals surface area contributed by atoms with Crippen molar-refractivity contribution >= 4 is 5.91 Å². The summed E-state index contributed by atoms with van der Waals surface area (Å²) < 4.78 is 10.8. The van der Waals surface area contributed by atoms with Crippen LogP contribution in [0.5, 0.6) is 5.88 Å². The van der Waals surface area contributed by atoms with Gasteiger partial charge in [-0.2, -0.15) is 5.26 Å². The minimum atomic E-state index is -0.0336. The standard InChI is InChI=1S/C22H25N3O3/c1-25(12-4-8-18-9-5-13-28-18)22(26)17-7-3-6-16(14-17)19-10-11-24-21(27-2)20(19)15-23/h3,6-7,10-11,14,18H,4-5,8-9,12-13H2,1-2H3/t18-/m1/s1. The van der Waals surface area contributed by atoms with E-state index in [-0.39, 0.29) is 11.8 Å². The lowest BCUT2D eigenvalue weighted by Crippen LogP contribution is -2.28. The van der Waals surface area contributed by atoms with Gasteiger partial charge in [-0.15, -0.1) is 0 Å². The van der Waals surface area contributed by atoms with Gasteiger partial charge in [-0.25, -0.2) is 4.98 Å². The van der Waals surface area contributed by atoms with Gasteiger partial charge >= 0.3 is 0 Å². The van der Waals surface area contributed by atoms with Gasteiger partial charge < -0.3 is 14.4 Å². The van der Waals surface area contributed by atoms with E-state index in [1.54, 1.807) is 23.2 Å². The fraction of sp³-hybridized carbons (Fsp3) is 0.409. The van der Waals surface area contributed by atoms with Crippen LogP contribution in [0.1, 0.15) is 41.6 Å². The van der Waals surface area contributed by atoms with Crippen molar-refractivity contribution in [2.24, 2.45) is 0 Å². The predicted molar refractivity (Wildman–Crippen MR) is 106 cm³/mol. The molecule has 0 radical (unpaired) electrons. The summed E-state index contributed by atoms with van der Waals surface area (Å²) in [5.74, 6) is 0.247. The third-order valence-corrected chi connectivity index (χ3v) is 5.03. The Hall–Kier alpha value is -2.91. The number of nitrogens with zero attached hydrogens (tertiary/aromatic N) is 3. The first-order valence-electron chi connectivity index (χ1n) is 9.54. The largest absolute Gasteiger partial charge is 0.480 e. The van der Waals surface area contributed by atoms with Gasteiger partial charge in [0.15, 0.2) is 0 Å². The maximum atomic E-state index is 12.8. The minimum absolute atomic E-state index is 0.0336. The summed E-state index contributed by atoms with van der Waals surface area (Å²) in [6.45, 7) is 1.55. The lowest BCUT2D eigenvalue weighted by molar-refractivity contribution is 0.0763. The highest BCUT2D eigenvalue weighted by atomic mass is 16.5. The van der Waals surface area contributed by atoms with E-state index in [9.17, 15) is 10.1 Å². The second-order valence-electron chi connectivity index (χ2n) is 6.94. The van der Waals surface area contributed by atoms with Crippen LogP contribution in [0.2, 0.25) is 0 Å². The van der Waals surface area contributed by atoms with Crippen molar-refractivity contribution in [3.05, 3.63) is 47.7 Å². The molecule has 1 amide bonds. The highest BCUT2D eigenvalue weighted by Crippen LogP contribution is 2.29. The van der Waals surface area contributed by atoms with Crippen LogP contribution < -0.4 is 4.74 Å². The van der Waals surface area contributed by atoms with Gasteiger partial charge in [0.05, 0.1) is 13.2 Å². The number of aromatic nitrogens is 1. The molecule has 0 N–H and O–H groups in total. The SMILES string of the molecule is COc1nccc(-c2cccc(C(=O)N(C)CCC[C@@H]3CCCO3)c2)c1C#N. The molecule has 6 nitrogen and oxygen atoms in total. The first-order chi connectivity index (χ1) is 13.6. The first kappa shape index (κ1) is 19.8. The highest BCUT2D eigenvalue weighted by molar-refractivity contribution is 5.95. The van der Waals surface area contributed by atoms with Crippen LogP contribution in [0.4, 0.5) is 0 Å². The third kappa shape index (κ3) is 4.49. The van der Waals surface area contributed by atoms with Crippen LogP contribution >= 0.6 is 0 Å². The molecule has 0 saturated carbocycles. The second-order valence-corrected chi connectivity index (χ2v) is 6.94. The zero-order chi connectivity index (χ0) is 19.9. The van der Waals surface area contributed by atoms with Gasteiger partial charge in [-0.1, -0.05) is 12.1 Å². The van der Waals surface area contributed by atoms with Crippen molar-refractivity contribution in [2.45, 2.75) is 31.8 Å². The van der Waals surface area contributed by atoms with Crippen LogP contribution in [0.3, 0.4) is 0 Å². The average Bonchev–Trinajstić information content (AvgIpc) is 3.26. The van der Waals surface area contributed by atoms with Gasteiger partial charge in [0.2, 0.25) is 5.88 Å². The summed E-state index contributed by atoms with van der Waals surface area (Å²) in [6.07, 6.45) is 6.11. The fourth-order valence-electron chi connectivity index (χ4n) is 3.52. The van der Waals surface area contributed by atoms with Crippen molar-refractivity contribution < 1.29 is 14.3 Å². The molecule has 0 bridgehead atoms. The number of hydrogen-bond donors (Lipinski definition) is 0. The van der Waals surface area contributed by atoms with E-state index < -0.39 is 0 Å². The maximum absolute atomic E-state index is 12.8. The molecular weight excluding hydrogens is 354 g/mol. The van der Waals surface area contributed by atoms with Crippen molar-refractivity contribution in [3.63, 3.8) is 0 Å². The number of carbonyl (C=O) groups is 1. The maximum Gasteiger partial charge on any atom is 0.253 e. The van der Waals surface area contributed by atoms with Crippen molar-refractivity contribution in [3.8, 4) is 23.1 Å². The Bertz CT molecular complexity index is 870. The summed E-state index contributed by atoms with van der Waals surface area (Å²) in [5, 5.41) is 9.49. The molecule has 1 aliphatic heterocycles. The quantitative estimate of drug-likeness (QED) is 0.734. The van der Waals surface area contributed by atoms with Gasteiger partial charge in [-0.05, 0) is 49.4 Å². The number of amides is 1. The van der Waals surface area contributed by atoms with E-state index in [2.05, 4.69) is 11.1 Å². The van der Waals surface area contributed by atoms with E-state index in [1.165, 1.54) is 7.11 Å². The molecule has 1 aromatic heterocycles. The molecule has 1 fully saturated rings. The Labute approximate surface area is 165 Å². The molecular formula is C22H25N3O3. The normalized spacial score (nSPS) is 15.8. The Morgan fingerprint density at radius 2 is 2.29 bits per heavy atom. The Balaban J connectivity index is 1.72. The van der Waals surface area contributed by atoms with Crippen molar-refractivity contribution in [1.29, 1.82) is 5.26 Å². The smallest absolute Gasteiger partial charge is 0.253 e. The number of hydrogen-bond acceptors (Lipinski definition) is 5. The van der Waals surface area contributed by atoms with E-state index in [1.807, 2.05) is 25.2 Å². The Morgan fingerprint density at radius 3 is 3.00 bits per heavy atom. The average molecular weight is 379 g/mol. The van der Waals surface area contributed by atoms with Crippen LogP contribution in [-0.2, 0) is 4.74 Å². The lowest BCUT2D eigenvalue weighted by Gasteiger charge is -2.19. The molecule has 2 heterocycles. The van der Waals surface area contributed by atoms with E-state index in [0.29, 0.717) is 29.3 Å². The van der Waals surface area contributed by atoms with E-state index in [0.717, 1.165) is 37.9 Å². The first-order valence-corrected chi connectivity index (χ1v) is 9.54. The molecule has 2 aromatic rings. The summed E-state index contributed by atoms with van der Waals surface area (Å²) in [4.78, 5) is 18.6. The van der Waals surface area contributed by atoms with Gasteiger partial charge in [-0.3, -0.25) is 4.79 Å². The van der Waals surface area contributed by atoms with Crippen LogP contribution in [0.25, 0.3) is 11.1 Å². The topological polar surface area (TPSA) is 75.4 Å². The number of benzene rings is 1. The van der Waals surface area contributed by atoms with Crippen LogP contribution in [-0.4, -0.2) is 49.2 Å². The monoisotopic (exact) mass is 379 g/mol. The van der Waals surface area contributed by atoms with Gasteiger partial charge in [0.1, 0.15) is 11.6 Å². The highest BCUT2D eigenvalue weighted by Gasteiger charge is 2.18. The summed E-state index contributed by atoms with van der Waals surface area (Å²) in [5.41, 5.74) is 2.44. The molecule has 1 aromatic carbocycles. The predicted octanol–water partition coefficient (Wildman–Crippen LogP) is 3.66. The van der Waals surface area contributed by atoms with Crippen molar-refractivity contribution in [1.82, 2.24) is 9.88 Å². The van der Waals surface area contributed by atoms with Crippen molar-refractivity contribution in [2.75, 3.05) is 27.3 Å². The van der Waals surface area contributed by atoms with Gasteiger partial charge in [0, 0.05) is 37.5 Å². The molecule has 1 atom stereocenters. The number of rotatable bonds is 7. The molecule has 6 heteroatoms. The number of pyridine rings is 1. The van der Waals surface area contributed by atoms with Crippen LogP contribution in [0, 0.1) is 11.3 Å². The zero-order valence-electron chi connectivity index (χ0n) is 16.4. The number of methoxy groups -OCH3 is 1. The summed E-state index contributed by atoms with van der Waals surface area (Å²) in [7, 11) is 3.30. The third-order valence-electron chi connectivity index (χ3n) is 5.03. The number of carbonyl (C=O) groups excluding carboxylic acids is 1. The lowest BCUT2D eigenvalue weighted by atomic mass is 9.99. The Morgan fingerprint density at radius 1 is 1.43 bits per heavy atom. The molecule has 0 spiro atoms. The summed E-state index contributed by atoms with van der Waals surface area (Å²) in [6, 6.07) is 11.2. The molecule has 1 saturated heterocycles. The molecule has 3 rings (SSSR count). The number of nitriles is 1. The molecule has 0 unspecified atom stereocenters. The molecule has 0 aliphatic carbocycles. The minimum Gasteiger partial charge on any atom is -0.480 e. The van der Waals surface area contributed by atoms with E-state index >= 15 is 0 Å². The number of ether oxygens (including phenoxy) is 2. The van der Waals surface area contributed by atoms with E-state index in [4.69, 9.17) is 9.47 Å². The van der Waals surface area contributed by atoms with Gasteiger partial charge in [0.25, 0.3) is 5.91 Å². The second kappa shape index (κ2) is 9.34. The van der Waals surface area contributed by atoms with Crippen LogP contribution in [0.15, 0.2) is 36.5 Å². The molecule has 146 valence electrons. The Kier molecular flexibility index (Phi) is 6.62. The summed E-state index contributed by atoms with van der Waals surface area (Å²) >= 11 is 0.